The summed E-state index contributed by atoms with van der Waals surface area (Å²) in [5.41, 5.74) is 10.2. The summed E-state index contributed by atoms with van der Waals surface area (Å²) in [6, 6.07) is 6.39. The number of aryl methyl sites for hydroxylation is 2. The van der Waals surface area contributed by atoms with Crippen molar-refractivity contribution in [3.8, 4) is 0 Å². The van der Waals surface area contributed by atoms with E-state index in [1.807, 2.05) is 9.80 Å². The van der Waals surface area contributed by atoms with Gasteiger partial charge in [-0.1, -0.05) is 32.0 Å². The van der Waals surface area contributed by atoms with Crippen LogP contribution in [-0.4, -0.2) is 53.8 Å². The number of hydrazine groups is 1. The highest BCUT2D eigenvalue weighted by atomic mass is 16.2. The van der Waals surface area contributed by atoms with Crippen LogP contribution in [0.15, 0.2) is 18.2 Å². The zero-order valence-electron chi connectivity index (χ0n) is 16.9. The molecule has 2 amide bonds. The molecule has 2 atom stereocenters. The molecule has 2 N–H and O–H groups in total. The first-order valence-electron chi connectivity index (χ1n) is 10.00. The van der Waals surface area contributed by atoms with Crippen LogP contribution in [-0.2, 0) is 9.59 Å². The van der Waals surface area contributed by atoms with Gasteiger partial charge >= 0.3 is 0 Å². The Labute approximate surface area is 162 Å². The van der Waals surface area contributed by atoms with E-state index < -0.39 is 0 Å². The lowest BCUT2D eigenvalue weighted by molar-refractivity contribution is -0.141. The van der Waals surface area contributed by atoms with Gasteiger partial charge in [-0.2, -0.15) is 0 Å². The molecule has 0 saturated carbocycles. The van der Waals surface area contributed by atoms with Crippen LogP contribution in [0.5, 0.6) is 0 Å². The molecule has 3 rings (SSSR count). The number of piperazine rings is 1. The molecule has 2 aliphatic heterocycles. The minimum absolute atomic E-state index is 0.129. The van der Waals surface area contributed by atoms with Gasteiger partial charge in [0.1, 0.15) is 6.04 Å². The van der Waals surface area contributed by atoms with Crippen LogP contribution in [0.3, 0.4) is 0 Å². The third-order valence-electron chi connectivity index (χ3n) is 5.66. The number of carbonyl (C=O) groups excluding carboxylic acids is 2. The molecule has 148 valence electrons. The number of hydrogen-bond acceptors (Lipinski definition) is 4. The van der Waals surface area contributed by atoms with Gasteiger partial charge < -0.3 is 9.80 Å². The molecule has 2 fully saturated rings. The maximum absolute atomic E-state index is 12.9. The lowest BCUT2D eigenvalue weighted by atomic mass is 9.98. The summed E-state index contributed by atoms with van der Waals surface area (Å²) in [5.74, 6) is 0.700. The van der Waals surface area contributed by atoms with Gasteiger partial charge in [-0.05, 0) is 42.9 Å². The monoisotopic (exact) mass is 372 g/mol. The molecule has 27 heavy (non-hydrogen) atoms. The number of nitrogens with zero attached hydrogens (tertiary/aromatic N) is 2. The van der Waals surface area contributed by atoms with E-state index in [4.69, 9.17) is 0 Å². The van der Waals surface area contributed by atoms with Gasteiger partial charge in [-0.3, -0.25) is 9.59 Å². The first kappa shape index (κ1) is 19.8. The Hall–Kier alpha value is -1.92. The average molecular weight is 373 g/mol. The van der Waals surface area contributed by atoms with E-state index in [2.05, 4.69) is 56.7 Å². The van der Waals surface area contributed by atoms with Crippen LogP contribution in [0.25, 0.3) is 0 Å². The highest BCUT2D eigenvalue weighted by molar-refractivity contribution is 5.83. The Morgan fingerprint density at radius 3 is 2.33 bits per heavy atom. The Kier molecular flexibility index (Phi) is 6.17. The lowest BCUT2D eigenvalue weighted by Gasteiger charge is -2.36. The maximum atomic E-state index is 12.9. The van der Waals surface area contributed by atoms with E-state index in [-0.39, 0.29) is 23.9 Å². The van der Waals surface area contributed by atoms with Crippen molar-refractivity contribution in [1.29, 1.82) is 0 Å². The van der Waals surface area contributed by atoms with Gasteiger partial charge in [-0.15, -0.1) is 0 Å². The minimum Gasteiger partial charge on any atom is -0.339 e. The predicted octanol–water partition coefficient (Wildman–Crippen LogP) is 1.93. The van der Waals surface area contributed by atoms with Crippen molar-refractivity contribution in [2.24, 2.45) is 5.92 Å². The number of amides is 2. The average Bonchev–Trinajstić information content (AvgIpc) is 3.13. The second-order valence-electron chi connectivity index (χ2n) is 8.28. The molecule has 0 aliphatic carbocycles. The molecule has 2 saturated heterocycles. The van der Waals surface area contributed by atoms with Crippen LogP contribution < -0.4 is 10.9 Å². The lowest BCUT2D eigenvalue weighted by Crippen LogP contribution is -2.54. The third kappa shape index (κ3) is 4.68. The van der Waals surface area contributed by atoms with Crippen LogP contribution in [0, 0.1) is 19.8 Å². The van der Waals surface area contributed by atoms with Crippen LogP contribution in [0.2, 0.25) is 0 Å². The van der Waals surface area contributed by atoms with Gasteiger partial charge in [-0.25, -0.2) is 10.9 Å². The smallest absolute Gasteiger partial charge is 0.241 e. The number of carbonyl (C=O) groups is 2. The molecule has 0 spiro atoms. The van der Waals surface area contributed by atoms with Crippen molar-refractivity contribution in [3.63, 3.8) is 0 Å². The molecule has 0 aromatic heterocycles. The fraction of sp³-hybridized carbons (Fsp3) is 0.619. The van der Waals surface area contributed by atoms with Crippen molar-refractivity contribution in [3.05, 3.63) is 34.9 Å². The van der Waals surface area contributed by atoms with Crippen LogP contribution in [0.4, 0.5) is 0 Å². The zero-order valence-corrected chi connectivity index (χ0v) is 16.9. The van der Waals surface area contributed by atoms with Crippen LogP contribution in [0.1, 0.15) is 49.4 Å². The van der Waals surface area contributed by atoms with Gasteiger partial charge in [0.25, 0.3) is 0 Å². The Balaban J connectivity index is 1.52. The van der Waals surface area contributed by atoms with Gasteiger partial charge in [0, 0.05) is 38.6 Å². The molecule has 1 aromatic carbocycles. The van der Waals surface area contributed by atoms with Crippen LogP contribution >= 0.6 is 0 Å². The molecule has 0 bridgehead atoms. The molecular formula is C21H32N4O2. The van der Waals surface area contributed by atoms with E-state index in [0.717, 1.165) is 6.42 Å². The zero-order chi connectivity index (χ0) is 19.6. The standard InChI is InChI=1S/C21H32N4O2/c1-14(2)11-20(26)24-7-9-25(10-8-24)21(27)19-13-18(22-23-19)17-6-5-15(3)16(4)12-17/h5-6,12,14,18-19,22-23H,7-11,13H2,1-4H3. The number of nitrogens with one attached hydrogen (secondary N) is 2. The number of hydrogen-bond donors (Lipinski definition) is 2. The summed E-state index contributed by atoms with van der Waals surface area (Å²) in [6.07, 6.45) is 1.33. The van der Waals surface area contributed by atoms with Crippen molar-refractivity contribution >= 4 is 11.8 Å². The molecule has 6 nitrogen and oxygen atoms in total. The topological polar surface area (TPSA) is 64.7 Å². The summed E-state index contributed by atoms with van der Waals surface area (Å²) in [5, 5.41) is 0. The second-order valence-corrected chi connectivity index (χ2v) is 8.28. The molecule has 6 heteroatoms. The number of rotatable bonds is 4. The van der Waals surface area contributed by atoms with Gasteiger partial charge in [0.15, 0.2) is 0 Å². The molecule has 2 unspecified atom stereocenters. The highest BCUT2D eigenvalue weighted by Gasteiger charge is 2.34. The van der Waals surface area contributed by atoms with Gasteiger partial charge in [0.05, 0.1) is 0 Å². The quantitative estimate of drug-likeness (QED) is 0.848. The highest BCUT2D eigenvalue weighted by Crippen LogP contribution is 2.25. The first-order valence-corrected chi connectivity index (χ1v) is 10.00. The van der Waals surface area contributed by atoms with E-state index in [1.165, 1.54) is 16.7 Å². The summed E-state index contributed by atoms with van der Waals surface area (Å²) in [6.45, 7) is 10.9. The summed E-state index contributed by atoms with van der Waals surface area (Å²) in [4.78, 5) is 28.8. The van der Waals surface area contributed by atoms with Crippen molar-refractivity contribution in [2.75, 3.05) is 26.2 Å². The fourth-order valence-electron chi connectivity index (χ4n) is 3.79. The fourth-order valence-corrected chi connectivity index (χ4v) is 3.79. The second kappa shape index (κ2) is 8.40. The number of benzene rings is 1. The Morgan fingerprint density at radius 2 is 1.70 bits per heavy atom. The third-order valence-corrected chi connectivity index (χ3v) is 5.66. The molecule has 0 radical (unpaired) electrons. The summed E-state index contributed by atoms with van der Waals surface area (Å²) < 4.78 is 0. The van der Waals surface area contributed by atoms with E-state index in [9.17, 15) is 9.59 Å². The summed E-state index contributed by atoms with van der Waals surface area (Å²) in [7, 11) is 0. The maximum Gasteiger partial charge on any atom is 0.241 e. The Bertz CT molecular complexity index is 695. The van der Waals surface area contributed by atoms with Crippen molar-refractivity contribution in [2.45, 2.75) is 52.6 Å². The normalized spacial score (nSPS) is 23.1. The van der Waals surface area contributed by atoms with E-state index >= 15 is 0 Å². The Morgan fingerprint density at radius 1 is 1.04 bits per heavy atom. The van der Waals surface area contributed by atoms with Crippen molar-refractivity contribution in [1.82, 2.24) is 20.7 Å². The largest absolute Gasteiger partial charge is 0.339 e. The van der Waals surface area contributed by atoms with E-state index in [0.29, 0.717) is 38.5 Å². The minimum atomic E-state index is -0.213. The van der Waals surface area contributed by atoms with Gasteiger partial charge in [0.2, 0.25) is 11.8 Å². The predicted molar refractivity (Wildman–Crippen MR) is 106 cm³/mol. The molecule has 1 aromatic rings. The summed E-state index contributed by atoms with van der Waals surface area (Å²) >= 11 is 0. The van der Waals surface area contributed by atoms with Crippen molar-refractivity contribution < 1.29 is 9.59 Å². The molecular weight excluding hydrogens is 340 g/mol. The molecule has 2 aliphatic rings. The SMILES string of the molecule is Cc1ccc(C2CC(C(=O)N3CCN(C(=O)CC(C)C)CC3)NN2)cc1C. The molecule has 2 heterocycles. The van der Waals surface area contributed by atoms with E-state index in [1.54, 1.807) is 0 Å². The first-order chi connectivity index (χ1) is 12.8.